The Kier molecular flexibility index (Phi) is 36.7. The van der Waals surface area contributed by atoms with Crippen LogP contribution in [0.1, 0.15) is 34.6 Å². The number of hydrogen-bond acceptors (Lipinski definition) is 16. The summed E-state index contributed by atoms with van der Waals surface area (Å²) in [5.74, 6) is 0. The molecule has 0 aliphatic carbocycles. The van der Waals surface area contributed by atoms with E-state index < -0.39 is 30.7 Å². The fourth-order valence-electron chi connectivity index (χ4n) is 4.81. The van der Waals surface area contributed by atoms with Crippen LogP contribution in [0.5, 0.6) is 0 Å². The molecule has 5 atom stereocenters. The van der Waals surface area contributed by atoms with E-state index in [1.807, 2.05) is 34.6 Å². The minimum Gasteiger partial charge on any atom is -0.379 e. The van der Waals surface area contributed by atoms with Crippen LogP contribution in [0.2, 0.25) is 0 Å². The van der Waals surface area contributed by atoms with E-state index in [1.54, 1.807) is 0 Å². The van der Waals surface area contributed by atoms with Crippen LogP contribution in [-0.4, -0.2) is 202 Å². The zero-order valence-electron chi connectivity index (χ0n) is 32.8. The Morgan fingerprint density at radius 3 is 0.962 bits per heavy atom. The van der Waals surface area contributed by atoms with Crippen molar-refractivity contribution in [3.63, 3.8) is 0 Å². The molecule has 16 heteroatoms. The molecule has 1 aliphatic heterocycles. The van der Waals surface area contributed by atoms with Gasteiger partial charge >= 0.3 is 0 Å². The molecule has 312 valence electrons. The van der Waals surface area contributed by atoms with E-state index in [0.29, 0.717) is 139 Å². The SMILES string of the molecule is CCOCCOCCOC[C@H]1OC(OCCOCCOCC)[C@H](OCCOCCOCC)[C@@H](OCCOCCOCC)[C@H]1OCCOCCOCC. The van der Waals surface area contributed by atoms with Crippen LogP contribution in [0.25, 0.3) is 0 Å². The Morgan fingerprint density at radius 1 is 0.288 bits per heavy atom. The fraction of sp³-hybridized carbons (Fsp3) is 1.00. The first-order valence-electron chi connectivity index (χ1n) is 19.2. The first-order valence-corrected chi connectivity index (χ1v) is 19.2. The maximum atomic E-state index is 6.55. The Bertz CT molecular complexity index is 711. The molecule has 0 aromatic carbocycles. The van der Waals surface area contributed by atoms with E-state index in [1.165, 1.54) is 0 Å². The summed E-state index contributed by atoms with van der Waals surface area (Å²) in [5, 5.41) is 0. The quantitative estimate of drug-likeness (QED) is 0.0838. The first kappa shape index (κ1) is 49.4. The molecule has 1 saturated heterocycles. The van der Waals surface area contributed by atoms with Gasteiger partial charge in [-0.2, -0.15) is 0 Å². The number of rotatable bonds is 41. The Morgan fingerprint density at radius 2 is 0.577 bits per heavy atom. The van der Waals surface area contributed by atoms with Gasteiger partial charge in [-0.3, -0.25) is 0 Å². The van der Waals surface area contributed by atoms with Crippen molar-refractivity contribution in [3.05, 3.63) is 0 Å². The van der Waals surface area contributed by atoms with Crippen molar-refractivity contribution < 1.29 is 75.8 Å². The van der Waals surface area contributed by atoms with Crippen LogP contribution in [0, 0.1) is 0 Å². The standard InChI is InChI=1S/C36H72O16/c1-6-37-11-16-42-21-22-47-31-32-33(48-27-23-43-17-12-38-7-2)34(49-28-24-44-18-13-39-8-3)35(50-29-25-45-19-14-40-9-4)36(52-32)51-30-26-46-20-15-41-10-5/h32-36H,6-31H2,1-5H3/t32-,33+,34+,35-,36?/m1/s1. The molecule has 1 heterocycles. The van der Waals surface area contributed by atoms with Crippen LogP contribution in [0.3, 0.4) is 0 Å². The molecular weight excluding hydrogens is 688 g/mol. The summed E-state index contributed by atoms with van der Waals surface area (Å²) >= 11 is 0. The lowest BCUT2D eigenvalue weighted by Crippen LogP contribution is -2.62. The minimum atomic E-state index is -0.818. The van der Waals surface area contributed by atoms with Crippen LogP contribution in [0.4, 0.5) is 0 Å². The second-order valence-electron chi connectivity index (χ2n) is 11.0. The number of hydrogen-bond donors (Lipinski definition) is 0. The van der Waals surface area contributed by atoms with Gasteiger partial charge in [-0.25, -0.2) is 0 Å². The second kappa shape index (κ2) is 38.6. The van der Waals surface area contributed by atoms with Gasteiger partial charge in [-0.05, 0) is 34.6 Å². The third-order valence-electron chi connectivity index (χ3n) is 7.25. The molecule has 1 aliphatic rings. The van der Waals surface area contributed by atoms with Gasteiger partial charge in [0.05, 0.1) is 139 Å². The van der Waals surface area contributed by atoms with Gasteiger partial charge in [-0.15, -0.1) is 0 Å². The van der Waals surface area contributed by atoms with E-state index in [4.69, 9.17) is 75.8 Å². The van der Waals surface area contributed by atoms with E-state index in [2.05, 4.69) is 0 Å². The summed E-state index contributed by atoms with van der Waals surface area (Å²) in [6, 6.07) is 0. The summed E-state index contributed by atoms with van der Waals surface area (Å²) < 4.78 is 93.7. The van der Waals surface area contributed by atoms with Gasteiger partial charge in [-0.1, -0.05) is 0 Å². The predicted molar refractivity (Wildman–Crippen MR) is 191 cm³/mol. The highest BCUT2D eigenvalue weighted by Crippen LogP contribution is 2.29. The normalized spacial score (nSPS) is 20.6. The van der Waals surface area contributed by atoms with E-state index >= 15 is 0 Å². The van der Waals surface area contributed by atoms with Crippen molar-refractivity contribution in [2.75, 3.05) is 172 Å². The summed E-state index contributed by atoms with van der Waals surface area (Å²) in [5.41, 5.74) is 0. The highest BCUT2D eigenvalue weighted by Gasteiger charge is 2.49. The molecule has 1 fully saturated rings. The topological polar surface area (TPSA) is 148 Å². The van der Waals surface area contributed by atoms with Gasteiger partial charge in [0.15, 0.2) is 6.29 Å². The van der Waals surface area contributed by atoms with Crippen LogP contribution in [-0.2, 0) is 75.8 Å². The molecule has 0 bridgehead atoms. The highest BCUT2D eigenvalue weighted by atomic mass is 16.7. The molecule has 0 saturated carbocycles. The second-order valence-corrected chi connectivity index (χ2v) is 11.0. The lowest BCUT2D eigenvalue weighted by Gasteiger charge is -2.45. The average molecular weight is 761 g/mol. The van der Waals surface area contributed by atoms with Crippen LogP contribution in [0.15, 0.2) is 0 Å². The van der Waals surface area contributed by atoms with Crippen molar-refractivity contribution >= 4 is 0 Å². The minimum absolute atomic E-state index is 0.202. The third kappa shape index (κ3) is 27.0. The molecule has 0 spiro atoms. The highest BCUT2D eigenvalue weighted by molar-refractivity contribution is 4.93. The van der Waals surface area contributed by atoms with E-state index in [0.717, 1.165) is 0 Å². The molecule has 16 nitrogen and oxygen atoms in total. The van der Waals surface area contributed by atoms with Crippen molar-refractivity contribution in [3.8, 4) is 0 Å². The Balaban J connectivity index is 3.08. The van der Waals surface area contributed by atoms with Crippen LogP contribution >= 0.6 is 0 Å². The molecule has 1 rings (SSSR count). The van der Waals surface area contributed by atoms with Gasteiger partial charge < -0.3 is 75.8 Å². The lowest BCUT2D eigenvalue weighted by molar-refractivity contribution is -0.326. The van der Waals surface area contributed by atoms with Crippen molar-refractivity contribution in [2.45, 2.75) is 65.3 Å². The molecule has 0 amide bonds. The smallest absolute Gasteiger partial charge is 0.187 e. The van der Waals surface area contributed by atoms with Crippen LogP contribution < -0.4 is 0 Å². The van der Waals surface area contributed by atoms with Gasteiger partial charge in [0, 0.05) is 33.0 Å². The maximum Gasteiger partial charge on any atom is 0.187 e. The molecule has 52 heavy (non-hydrogen) atoms. The molecule has 0 aromatic rings. The van der Waals surface area contributed by atoms with Crippen molar-refractivity contribution in [1.29, 1.82) is 0 Å². The molecule has 0 radical (unpaired) electrons. The monoisotopic (exact) mass is 760 g/mol. The summed E-state index contributed by atoms with van der Waals surface area (Å²) in [6.07, 6.45) is -3.27. The molecular formula is C36H72O16. The van der Waals surface area contributed by atoms with Crippen molar-refractivity contribution in [1.82, 2.24) is 0 Å². The van der Waals surface area contributed by atoms with E-state index in [-0.39, 0.29) is 33.0 Å². The summed E-state index contributed by atoms with van der Waals surface area (Å²) in [6.45, 7) is 21.3. The summed E-state index contributed by atoms with van der Waals surface area (Å²) in [7, 11) is 0. The molecule has 1 unspecified atom stereocenters. The fourth-order valence-corrected chi connectivity index (χ4v) is 4.81. The average Bonchev–Trinajstić information content (AvgIpc) is 3.15. The molecule has 0 N–H and O–H groups in total. The Hall–Kier alpha value is -0.640. The summed E-state index contributed by atoms with van der Waals surface area (Å²) in [4.78, 5) is 0. The largest absolute Gasteiger partial charge is 0.379 e. The maximum absolute atomic E-state index is 6.55. The number of ether oxygens (including phenoxy) is 16. The lowest BCUT2D eigenvalue weighted by atomic mass is 9.98. The Labute approximate surface area is 312 Å². The first-order chi connectivity index (χ1) is 25.7. The zero-order chi connectivity index (χ0) is 37.6. The van der Waals surface area contributed by atoms with Gasteiger partial charge in [0.2, 0.25) is 0 Å². The van der Waals surface area contributed by atoms with Gasteiger partial charge in [0.1, 0.15) is 24.4 Å². The van der Waals surface area contributed by atoms with Crippen molar-refractivity contribution in [2.24, 2.45) is 0 Å². The molecule has 0 aromatic heterocycles. The zero-order valence-corrected chi connectivity index (χ0v) is 32.8. The van der Waals surface area contributed by atoms with E-state index in [9.17, 15) is 0 Å². The third-order valence-corrected chi connectivity index (χ3v) is 7.25. The predicted octanol–water partition coefficient (Wildman–Crippen LogP) is 2.17. The van der Waals surface area contributed by atoms with Gasteiger partial charge in [0.25, 0.3) is 0 Å².